The Labute approximate surface area is 88.3 Å². The largest absolute Gasteiger partial charge is 0.397 e. The smallest absolute Gasteiger partial charge is 0.0630 e. The van der Waals surface area contributed by atoms with E-state index in [9.17, 15) is 0 Å². The summed E-state index contributed by atoms with van der Waals surface area (Å²) >= 11 is 0. The molecule has 0 saturated heterocycles. The minimum atomic E-state index is 0.631. The number of pyridine rings is 1. The molecule has 0 spiro atoms. The highest BCUT2D eigenvalue weighted by molar-refractivity contribution is 5.98. The van der Waals surface area contributed by atoms with Crippen LogP contribution in [-0.2, 0) is 0 Å². The normalized spacial score (nSPS) is 15.5. The number of nitrogens with two attached hydrogens (primary N) is 1. The van der Waals surface area contributed by atoms with Crippen molar-refractivity contribution in [3.05, 3.63) is 30.6 Å². The van der Waals surface area contributed by atoms with Gasteiger partial charge in [-0.05, 0) is 25.0 Å². The van der Waals surface area contributed by atoms with E-state index in [1.807, 2.05) is 18.3 Å². The maximum Gasteiger partial charge on any atom is 0.0630 e. The summed E-state index contributed by atoms with van der Waals surface area (Å²) < 4.78 is 0. The maximum atomic E-state index is 6.10. The number of hydrogen-bond acceptors (Lipinski definition) is 3. The summed E-state index contributed by atoms with van der Waals surface area (Å²) in [6.45, 7) is 0. The molecule has 1 saturated carbocycles. The molecular weight excluding hydrogens is 186 g/mol. The van der Waals surface area contributed by atoms with Crippen molar-refractivity contribution >= 4 is 22.1 Å². The van der Waals surface area contributed by atoms with E-state index in [1.165, 1.54) is 12.8 Å². The molecule has 0 radical (unpaired) electrons. The lowest BCUT2D eigenvalue weighted by atomic mass is 10.1. The molecule has 0 unspecified atom stereocenters. The third-order valence-electron chi connectivity index (χ3n) is 2.80. The van der Waals surface area contributed by atoms with Crippen LogP contribution in [0.5, 0.6) is 0 Å². The van der Waals surface area contributed by atoms with Crippen molar-refractivity contribution < 1.29 is 0 Å². The lowest BCUT2D eigenvalue weighted by Crippen LogP contribution is -2.04. The molecule has 1 fully saturated rings. The molecular formula is C12H13N3. The van der Waals surface area contributed by atoms with E-state index in [4.69, 9.17) is 5.73 Å². The Morgan fingerprint density at radius 1 is 1.27 bits per heavy atom. The van der Waals surface area contributed by atoms with Crippen molar-refractivity contribution in [1.29, 1.82) is 0 Å². The van der Waals surface area contributed by atoms with E-state index in [2.05, 4.69) is 16.4 Å². The summed E-state index contributed by atoms with van der Waals surface area (Å²) in [5.41, 5.74) is 7.99. The van der Waals surface area contributed by atoms with E-state index in [-0.39, 0.29) is 0 Å². The first-order valence-electron chi connectivity index (χ1n) is 5.23. The van der Waals surface area contributed by atoms with Crippen LogP contribution in [0.4, 0.5) is 11.4 Å². The summed E-state index contributed by atoms with van der Waals surface area (Å²) in [5, 5.41) is 5.60. The lowest BCUT2D eigenvalue weighted by Gasteiger charge is -2.10. The van der Waals surface area contributed by atoms with Crippen LogP contribution in [-0.4, -0.2) is 11.0 Å². The number of benzene rings is 1. The number of nitrogen functional groups attached to an aromatic ring is 1. The monoisotopic (exact) mass is 199 g/mol. The van der Waals surface area contributed by atoms with E-state index < -0.39 is 0 Å². The Kier molecular flexibility index (Phi) is 1.78. The zero-order chi connectivity index (χ0) is 10.3. The van der Waals surface area contributed by atoms with Crippen molar-refractivity contribution in [3.8, 4) is 0 Å². The molecule has 1 aromatic heterocycles. The highest BCUT2D eigenvalue weighted by Gasteiger charge is 2.21. The predicted octanol–water partition coefficient (Wildman–Crippen LogP) is 2.39. The number of rotatable bonds is 2. The highest BCUT2D eigenvalue weighted by atomic mass is 15.0. The Hall–Kier alpha value is -1.77. The number of nitrogens with zero attached hydrogens (tertiary/aromatic N) is 1. The summed E-state index contributed by atoms with van der Waals surface area (Å²) in [4.78, 5) is 4.08. The fourth-order valence-electron chi connectivity index (χ4n) is 1.77. The van der Waals surface area contributed by atoms with Crippen molar-refractivity contribution in [2.24, 2.45) is 0 Å². The van der Waals surface area contributed by atoms with Gasteiger partial charge in [0.05, 0.1) is 11.4 Å². The number of anilines is 2. The fraction of sp³-hybridized carbons (Fsp3) is 0.250. The number of nitrogens with one attached hydrogen (secondary N) is 1. The Morgan fingerprint density at radius 2 is 2.13 bits per heavy atom. The first kappa shape index (κ1) is 8.53. The summed E-state index contributed by atoms with van der Waals surface area (Å²) in [5.74, 6) is 0. The molecule has 1 aliphatic rings. The molecule has 0 aliphatic heterocycles. The number of aromatic nitrogens is 1. The Balaban J connectivity index is 2.11. The topological polar surface area (TPSA) is 50.9 Å². The summed E-state index contributed by atoms with van der Waals surface area (Å²) in [6.07, 6.45) is 6.13. The van der Waals surface area contributed by atoms with Gasteiger partial charge in [0.15, 0.2) is 0 Å². The fourth-order valence-corrected chi connectivity index (χ4v) is 1.77. The first-order valence-corrected chi connectivity index (χ1v) is 5.23. The van der Waals surface area contributed by atoms with Crippen LogP contribution in [0.15, 0.2) is 30.6 Å². The molecule has 1 aliphatic carbocycles. The van der Waals surface area contributed by atoms with Gasteiger partial charge in [-0.2, -0.15) is 0 Å². The third-order valence-corrected chi connectivity index (χ3v) is 2.80. The van der Waals surface area contributed by atoms with E-state index in [1.54, 1.807) is 6.20 Å². The standard InChI is InChI=1S/C12H13N3/c13-12-10-5-6-14-7-8(10)1-4-11(12)15-9-2-3-9/h1,4-7,9,15H,2-3,13H2. The van der Waals surface area contributed by atoms with Crippen molar-refractivity contribution in [1.82, 2.24) is 4.98 Å². The second-order valence-corrected chi connectivity index (χ2v) is 4.04. The van der Waals surface area contributed by atoms with Gasteiger partial charge in [0.2, 0.25) is 0 Å². The van der Waals surface area contributed by atoms with Crippen molar-refractivity contribution in [3.63, 3.8) is 0 Å². The Morgan fingerprint density at radius 3 is 2.93 bits per heavy atom. The highest BCUT2D eigenvalue weighted by Crippen LogP contribution is 2.32. The van der Waals surface area contributed by atoms with Gasteiger partial charge in [0, 0.05) is 29.2 Å². The number of fused-ring (bicyclic) bond motifs is 1. The van der Waals surface area contributed by atoms with Crippen molar-refractivity contribution in [2.45, 2.75) is 18.9 Å². The second kappa shape index (κ2) is 3.12. The van der Waals surface area contributed by atoms with Crippen LogP contribution in [0, 0.1) is 0 Å². The molecule has 1 heterocycles. The molecule has 76 valence electrons. The van der Waals surface area contributed by atoms with Gasteiger partial charge in [-0.15, -0.1) is 0 Å². The van der Waals surface area contributed by atoms with Crippen LogP contribution in [0.1, 0.15) is 12.8 Å². The zero-order valence-corrected chi connectivity index (χ0v) is 8.40. The third kappa shape index (κ3) is 1.50. The van der Waals surface area contributed by atoms with Crippen LogP contribution >= 0.6 is 0 Å². The molecule has 15 heavy (non-hydrogen) atoms. The maximum absolute atomic E-state index is 6.10. The van der Waals surface area contributed by atoms with Crippen LogP contribution in [0.2, 0.25) is 0 Å². The van der Waals surface area contributed by atoms with Crippen LogP contribution < -0.4 is 11.1 Å². The molecule has 3 nitrogen and oxygen atoms in total. The molecule has 0 bridgehead atoms. The summed E-state index contributed by atoms with van der Waals surface area (Å²) in [7, 11) is 0. The minimum absolute atomic E-state index is 0.631. The second-order valence-electron chi connectivity index (χ2n) is 4.04. The van der Waals surface area contributed by atoms with Crippen LogP contribution in [0.25, 0.3) is 10.8 Å². The van der Waals surface area contributed by atoms with Gasteiger partial charge in [-0.3, -0.25) is 4.98 Å². The molecule has 0 atom stereocenters. The summed E-state index contributed by atoms with van der Waals surface area (Å²) in [6, 6.07) is 6.69. The zero-order valence-electron chi connectivity index (χ0n) is 8.40. The van der Waals surface area contributed by atoms with E-state index >= 15 is 0 Å². The number of hydrogen-bond donors (Lipinski definition) is 2. The molecule has 0 amide bonds. The lowest BCUT2D eigenvalue weighted by molar-refractivity contribution is 1.16. The molecule has 3 heteroatoms. The van der Waals surface area contributed by atoms with Gasteiger partial charge in [0.1, 0.15) is 0 Å². The molecule has 1 aromatic carbocycles. The molecule has 2 aromatic rings. The van der Waals surface area contributed by atoms with E-state index in [0.717, 1.165) is 22.1 Å². The van der Waals surface area contributed by atoms with Gasteiger partial charge in [-0.1, -0.05) is 6.07 Å². The van der Waals surface area contributed by atoms with Crippen LogP contribution in [0.3, 0.4) is 0 Å². The van der Waals surface area contributed by atoms with Crippen molar-refractivity contribution in [2.75, 3.05) is 11.1 Å². The Bertz CT molecular complexity index is 503. The SMILES string of the molecule is Nc1c(NC2CC2)ccc2cnccc12. The molecule has 3 N–H and O–H groups in total. The minimum Gasteiger partial charge on any atom is -0.397 e. The quantitative estimate of drug-likeness (QED) is 0.730. The average Bonchev–Trinajstić information content (AvgIpc) is 3.07. The average molecular weight is 199 g/mol. The van der Waals surface area contributed by atoms with Gasteiger partial charge in [0.25, 0.3) is 0 Å². The predicted molar refractivity (Wildman–Crippen MR) is 62.8 cm³/mol. The van der Waals surface area contributed by atoms with Gasteiger partial charge in [-0.25, -0.2) is 0 Å². The first-order chi connectivity index (χ1) is 7.34. The van der Waals surface area contributed by atoms with Gasteiger partial charge >= 0.3 is 0 Å². The molecule has 3 rings (SSSR count). The van der Waals surface area contributed by atoms with Gasteiger partial charge < -0.3 is 11.1 Å². The van der Waals surface area contributed by atoms with E-state index in [0.29, 0.717) is 6.04 Å².